The summed E-state index contributed by atoms with van der Waals surface area (Å²) in [5.41, 5.74) is 0. The zero-order chi connectivity index (χ0) is 12.9. The lowest BCUT2D eigenvalue weighted by atomic mass is 9.65. The van der Waals surface area contributed by atoms with E-state index in [1.54, 1.807) is 32.1 Å². The molecule has 1 unspecified atom stereocenters. The molecule has 0 saturated heterocycles. The van der Waals surface area contributed by atoms with Gasteiger partial charge in [-0.15, -0.1) is 0 Å². The summed E-state index contributed by atoms with van der Waals surface area (Å²) in [4.78, 5) is 0. The average Bonchev–Trinajstić information content (AvgIpc) is 2.75. The summed E-state index contributed by atoms with van der Waals surface area (Å²) in [6, 6.07) is 0. The largest absolute Gasteiger partial charge is 0.0533 e. The van der Waals surface area contributed by atoms with Crippen molar-refractivity contribution < 1.29 is 0 Å². The van der Waals surface area contributed by atoms with E-state index in [4.69, 9.17) is 0 Å². The van der Waals surface area contributed by atoms with Gasteiger partial charge in [-0.3, -0.25) is 0 Å². The van der Waals surface area contributed by atoms with Crippen molar-refractivity contribution in [3.05, 3.63) is 5.92 Å². The fourth-order valence-corrected chi connectivity index (χ4v) is 5.30. The maximum absolute atomic E-state index is 2.07. The van der Waals surface area contributed by atoms with E-state index < -0.39 is 0 Å². The second-order valence-corrected chi connectivity index (χ2v) is 7.51. The zero-order valence-electron chi connectivity index (χ0n) is 12.8. The van der Waals surface area contributed by atoms with Gasteiger partial charge in [-0.1, -0.05) is 70.6 Å². The molecule has 0 nitrogen and oxygen atoms in total. The van der Waals surface area contributed by atoms with Gasteiger partial charge in [0.05, 0.1) is 0 Å². The maximum Gasteiger partial charge on any atom is -0.0176 e. The molecule has 3 rings (SSSR count). The molecule has 3 saturated carbocycles. The van der Waals surface area contributed by atoms with Crippen LogP contribution in [0.25, 0.3) is 0 Å². The molecule has 3 aliphatic carbocycles. The summed E-state index contributed by atoms with van der Waals surface area (Å²) < 4.78 is 0. The van der Waals surface area contributed by atoms with Crippen molar-refractivity contribution in [2.75, 3.05) is 0 Å². The van der Waals surface area contributed by atoms with Crippen molar-refractivity contribution in [2.45, 2.75) is 96.3 Å². The van der Waals surface area contributed by atoms with Gasteiger partial charge in [0.1, 0.15) is 0 Å². The van der Waals surface area contributed by atoms with Crippen molar-refractivity contribution >= 4 is 0 Å². The molecule has 0 heteroatoms. The molecule has 3 aliphatic rings. The van der Waals surface area contributed by atoms with Gasteiger partial charge in [0.25, 0.3) is 0 Å². The molecule has 0 bridgehead atoms. The van der Waals surface area contributed by atoms with Crippen LogP contribution in [0.15, 0.2) is 0 Å². The van der Waals surface area contributed by atoms with Crippen LogP contribution in [0.3, 0.4) is 0 Å². The van der Waals surface area contributed by atoms with E-state index >= 15 is 0 Å². The van der Waals surface area contributed by atoms with E-state index in [0.29, 0.717) is 0 Å². The van der Waals surface area contributed by atoms with Crippen LogP contribution in [0.4, 0.5) is 0 Å². The van der Waals surface area contributed by atoms with Gasteiger partial charge in [-0.2, -0.15) is 0 Å². The van der Waals surface area contributed by atoms with Crippen molar-refractivity contribution in [3.63, 3.8) is 0 Å². The molecule has 1 radical (unpaired) electrons. The molecule has 0 aromatic rings. The fraction of sp³-hybridized carbons (Fsp3) is 0.947. The molecule has 0 aromatic heterocycles. The lowest BCUT2D eigenvalue weighted by Gasteiger charge is -2.40. The van der Waals surface area contributed by atoms with Crippen molar-refractivity contribution in [1.82, 2.24) is 0 Å². The molecule has 109 valence electrons. The van der Waals surface area contributed by atoms with Gasteiger partial charge in [0.2, 0.25) is 0 Å². The standard InChI is InChI=1S/C19H33/c1-4-10-16(11-5-1)18-14-8-3-9-15-19(18)17-12-6-2-7-13-17/h16-18H,1-15H2. The third-order valence-corrected chi connectivity index (χ3v) is 6.31. The van der Waals surface area contributed by atoms with Crippen LogP contribution in [-0.2, 0) is 0 Å². The van der Waals surface area contributed by atoms with E-state index in [1.165, 1.54) is 64.2 Å². The minimum Gasteiger partial charge on any atom is -0.0533 e. The Bertz CT molecular complexity index is 219. The van der Waals surface area contributed by atoms with Crippen molar-refractivity contribution in [3.8, 4) is 0 Å². The highest BCUT2D eigenvalue weighted by Crippen LogP contribution is 2.48. The van der Waals surface area contributed by atoms with Crippen LogP contribution in [0.1, 0.15) is 96.3 Å². The third-order valence-electron chi connectivity index (χ3n) is 6.31. The third kappa shape index (κ3) is 3.56. The smallest absolute Gasteiger partial charge is 0.0176 e. The van der Waals surface area contributed by atoms with Crippen molar-refractivity contribution in [1.29, 1.82) is 0 Å². The average molecular weight is 261 g/mol. The summed E-state index contributed by atoms with van der Waals surface area (Å²) in [5, 5.41) is 0. The Hall–Kier alpha value is 0. The highest BCUT2D eigenvalue weighted by Gasteiger charge is 2.36. The van der Waals surface area contributed by atoms with Gasteiger partial charge >= 0.3 is 0 Å². The molecule has 0 amide bonds. The van der Waals surface area contributed by atoms with Crippen molar-refractivity contribution in [2.24, 2.45) is 17.8 Å². The van der Waals surface area contributed by atoms with Gasteiger partial charge in [0.15, 0.2) is 0 Å². The topological polar surface area (TPSA) is 0 Å². The van der Waals surface area contributed by atoms with Crippen LogP contribution in [0.5, 0.6) is 0 Å². The number of hydrogen-bond donors (Lipinski definition) is 0. The lowest BCUT2D eigenvalue weighted by molar-refractivity contribution is 0.204. The van der Waals surface area contributed by atoms with E-state index in [-0.39, 0.29) is 0 Å². The van der Waals surface area contributed by atoms with Crippen LogP contribution >= 0.6 is 0 Å². The summed E-state index contributed by atoms with van der Waals surface area (Å²) in [6.07, 6.45) is 22.9. The van der Waals surface area contributed by atoms with E-state index in [1.807, 2.05) is 0 Å². The van der Waals surface area contributed by atoms with Crippen LogP contribution in [-0.4, -0.2) is 0 Å². The minimum atomic E-state index is 1.04. The van der Waals surface area contributed by atoms with Gasteiger partial charge in [-0.05, 0) is 49.4 Å². The molecular formula is C19H33. The Morgan fingerprint density at radius 1 is 0.526 bits per heavy atom. The van der Waals surface area contributed by atoms with Gasteiger partial charge < -0.3 is 0 Å². The first-order chi connectivity index (χ1) is 9.45. The molecule has 0 N–H and O–H groups in total. The van der Waals surface area contributed by atoms with Crippen LogP contribution < -0.4 is 0 Å². The Kier molecular flexibility index (Phi) is 5.24. The molecule has 0 heterocycles. The summed E-state index contributed by atoms with van der Waals surface area (Å²) in [7, 11) is 0. The van der Waals surface area contributed by atoms with E-state index in [2.05, 4.69) is 5.92 Å². The predicted octanol–water partition coefficient (Wildman–Crippen LogP) is 6.30. The summed E-state index contributed by atoms with van der Waals surface area (Å²) in [6.45, 7) is 0. The highest BCUT2D eigenvalue weighted by molar-refractivity contribution is 5.06. The lowest BCUT2D eigenvalue weighted by Crippen LogP contribution is -2.29. The second kappa shape index (κ2) is 7.14. The molecule has 0 aliphatic heterocycles. The quantitative estimate of drug-likeness (QED) is 0.511. The van der Waals surface area contributed by atoms with E-state index in [0.717, 1.165) is 17.8 Å². The monoisotopic (exact) mass is 261 g/mol. The maximum atomic E-state index is 2.07. The number of rotatable bonds is 2. The molecule has 19 heavy (non-hydrogen) atoms. The Labute approximate surface area is 120 Å². The first-order valence-corrected chi connectivity index (χ1v) is 9.31. The summed E-state index contributed by atoms with van der Waals surface area (Å²) in [5.74, 6) is 5.25. The van der Waals surface area contributed by atoms with Crippen LogP contribution in [0.2, 0.25) is 0 Å². The van der Waals surface area contributed by atoms with E-state index in [9.17, 15) is 0 Å². The SMILES string of the molecule is C1CCC([C]2CCCCCC2C2CCCCC2)CC1. The second-order valence-electron chi connectivity index (χ2n) is 7.51. The number of hydrogen-bond acceptors (Lipinski definition) is 0. The first-order valence-electron chi connectivity index (χ1n) is 9.31. The molecular weight excluding hydrogens is 228 g/mol. The normalized spacial score (nSPS) is 33.2. The van der Waals surface area contributed by atoms with Gasteiger partial charge in [-0.25, -0.2) is 0 Å². The zero-order valence-corrected chi connectivity index (χ0v) is 12.8. The Morgan fingerprint density at radius 2 is 1.11 bits per heavy atom. The molecule has 0 aromatic carbocycles. The first kappa shape index (κ1) is 14.0. The Morgan fingerprint density at radius 3 is 1.84 bits per heavy atom. The van der Waals surface area contributed by atoms with Crippen LogP contribution in [0, 0.1) is 23.7 Å². The minimum absolute atomic E-state index is 1.04. The highest BCUT2D eigenvalue weighted by atomic mass is 14.4. The Balaban J connectivity index is 1.68. The molecule has 0 spiro atoms. The fourth-order valence-electron chi connectivity index (χ4n) is 5.30. The molecule has 3 fully saturated rings. The van der Waals surface area contributed by atoms with Gasteiger partial charge in [0, 0.05) is 0 Å². The predicted molar refractivity (Wildman–Crippen MR) is 83.0 cm³/mol. The summed E-state index contributed by atoms with van der Waals surface area (Å²) >= 11 is 0. The molecule has 1 atom stereocenters.